The van der Waals surface area contributed by atoms with Crippen LogP contribution in [0.5, 0.6) is 5.88 Å². The third-order valence-electron chi connectivity index (χ3n) is 3.62. The van der Waals surface area contributed by atoms with Crippen molar-refractivity contribution in [3.63, 3.8) is 0 Å². The largest absolute Gasteiger partial charge is 0.481 e. The van der Waals surface area contributed by atoms with Gasteiger partial charge in [-0.25, -0.2) is 9.78 Å². The molecule has 1 unspecified atom stereocenters. The number of aromatic nitrogens is 2. The lowest BCUT2D eigenvalue weighted by Crippen LogP contribution is -2.56. The van der Waals surface area contributed by atoms with E-state index < -0.39 is 11.5 Å². The summed E-state index contributed by atoms with van der Waals surface area (Å²) in [6.07, 6.45) is 2.45. The predicted octanol–water partition coefficient (Wildman–Crippen LogP) is 1.63. The highest BCUT2D eigenvalue weighted by molar-refractivity contribution is 5.82. The summed E-state index contributed by atoms with van der Waals surface area (Å²) in [5.41, 5.74) is -0.183. The van der Waals surface area contributed by atoms with Gasteiger partial charge in [-0.05, 0) is 33.1 Å². The van der Waals surface area contributed by atoms with Crippen LogP contribution in [0, 0.1) is 6.92 Å². The molecule has 0 radical (unpaired) electrons. The third kappa shape index (κ3) is 2.47. The van der Waals surface area contributed by atoms with E-state index >= 15 is 0 Å². The van der Waals surface area contributed by atoms with Crippen LogP contribution in [0.25, 0.3) is 0 Å². The molecular weight excluding hydrogens is 246 g/mol. The fourth-order valence-electron chi connectivity index (χ4n) is 2.41. The van der Waals surface area contributed by atoms with Crippen LogP contribution in [0.3, 0.4) is 0 Å². The Morgan fingerprint density at radius 3 is 2.84 bits per heavy atom. The zero-order valence-corrected chi connectivity index (χ0v) is 11.5. The van der Waals surface area contributed by atoms with Gasteiger partial charge >= 0.3 is 5.97 Å². The molecule has 0 aromatic carbocycles. The molecule has 0 aliphatic carbocycles. The van der Waals surface area contributed by atoms with Crippen molar-refractivity contribution in [1.82, 2.24) is 9.97 Å². The summed E-state index contributed by atoms with van der Waals surface area (Å²) in [7, 11) is 1.54. The van der Waals surface area contributed by atoms with Gasteiger partial charge in [0.15, 0.2) is 0 Å². The maximum Gasteiger partial charge on any atom is 0.329 e. The molecule has 1 aromatic heterocycles. The van der Waals surface area contributed by atoms with E-state index in [1.807, 2.05) is 6.92 Å². The Morgan fingerprint density at radius 1 is 1.47 bits per heavy atom. The van der Waals surface area contributed by atoms with Gasteiger partial charge < -0.3 is 14.7 Å². The van der Waals surface area contributed by atoms with E-state index in [2.05, 4.69) is 9.97 Å². The quantitative estimate of drug-likeness (QED) is 0.895. The van der Waals surface area contributed by atoms with Gasteiger partial charge in [0.1, 0.15) is 5.54 Å². The molecule has 2 heterocycles. The molecule has 0 amide bonds. The molecule has 19 heavy (non-hydrogen) atoms. The second-order valence-electron chi connectivity index (χ2n) is 5.04. The second kappa shape index (κ2) is 5.03. The van der Waals surface area contributed by atoms with Crippen molar-refractivity contribution in [2.75, 3.05) is 18.6 Å². The molecule has 1 aliphatic rings. The molecule has 6 nitrogen and oxygen atoms in total. The Bertz CT molecular complexity index is 492. The van der Waals surface area contributed by atoms with Gasteiger partial charge in [0.2, 0.25) is 11.8 Å². The Morgan fingerprint density at radius 2 is 2.21 bits per heavy atom. The Balaban J connectivity index is 2.43. The maximum absolute atomic E-state index is 11.6. The minimum absolute atomic E-state index is 0.432. The number of hydrogen-bond donors (Lipinski definition) is 1. The van der Waals surface area contributed by atoms with Gasteiger partial charge in [-0.15, -0.1) is 0 Å². The Labute approximate surface area is 112 Å². The normalized spacial score (nSPS) is 23.2. The van der Waals surface area contributed by atoms with Crippen LogP contribution in [0.2, 0.25) is 0 Å². The topological polar surface area (TPSA) is 75.5 Å². The average molecular weight is 265 g/mol. The molecule has 1 aliphatic heterocycles. The molecule has 1 aromatic rings. The molecule has 0 saturated carbocycles. The van der Waals surface area contributed by atoms with Crippen LogP contribution in [-0.2, 0) is 4.79 Å². The summed E-state index contributed by atoms with van der Waals surface area (Å²) in [4.78, 5) is 22.0. The van der Waals surface area contributed by atoms with E-state index in [4.69, 9.17) is 4.74 Å². The SMILES string of the molecule is COc1cc(C)nc(N2CCCCC2(C)C(=O)O)n1. The van der Waals surface area contributed by atoms with Crippen LogP contribution in [0.4, 0.5) is 5.95 Å². The summed E-state index contributed by atoms with van der Waals surface area (Å²) in [5.74, 6) is 0.0542. The van der Waals surface area contributed by atoms with Crippen LogP contribution in [-0.4, -0.2) is 40.2 Å². The first-order valence-electron chi connectivity index (χ1n) is 6.38. The molecule has 0 bridgehead atoms. The summed E-state index contributed by atoms with van der Waals surface area (Å²) in [6.45, 7) is 4.22. The molecular formula is C13H19N3O3. The number of carboxylic acids is 1. The highest BCUT2D eigenvalue weighted by Crippen LogP contribution is 2.32. The van der Waals surface area contributed by atoms with Crippen molar-refractivity contribution < 1.29 is 14.6 Å². The zero-order chi connectivity index (χ0) is 14.0. The van der Waals surface area contributed by atoms with Crippen LogP contribution < -0.4 is 9.64 Å². The predicted molar refractivity (Wildman–Crippen MR) is 70.6 cm³/mol. The number of anilines is 1. The standard InChI is InChI=1S/C13H19N3O3/c1-9-8-10(19-3)15-12(14-9)16-7-5-4-6-13(16,2)11(17)18/h8H,4-7H2,1-3H3,(H,17,18). The number of aryl methyl sites for hydroxylation is 1. The monoisotopic (exact) mass is 265 g/mol. The lowest BCUT2D eigenvalue weighted by Gasteiger charge is -2.41. The van der Waals surface area contributed by atoms with Gasteiger partial charge in [0.05, 0.1) is 7.11 Å². The lowest BCUT2D eigenvalue weighted by atomic mass is 9.89. The molecule has 1 fully saturated rings. The van der Waals surface area contributed by atoms with E-state index in [1.54, 1.807) is 17.9 Å². The van der Waals surface area contributed by atoms with Gasteiger partial charge in [-0.3, -0.25) is 0 Å². The Hall–Kier alpha value is -1.85. The highest BCUT2D eigenvalue weighted by atomic mass is 16.5. The number of carboxylic acid groups (broad SMARTS) is 1. The number of carbonyl (C=O) groups is 1. The van der Waals surface area contributed by atoms with Crippen LogP contribution in [0.1, 0.15) is 31.9 Å². The molecule has 104 valence electrons. The average Bonchev–Trinajstić information content (AvgIpc) is 2.38. The van der Waals surface area contributed by atoms with Gasteiger partial charge in [-0.1, -0.05) is 0 Å². The molecule has 6 heteroatoms. The Kier molecular flexibility index (Phi) is 3.59. The molecule has 1 saturated heterocycles. The number of aliphatic carboxylic acids is 1. The van der Waals surface area contributed by atoms with E-state index in [1.165, 1.54) is 7.11 Å². The second-order valence-corrected chi connectivity index (χ2v) is 5.04. The molecule has 2 rings (SSSR count). The number of hydrogen-bond acceptors (Lipinski definition) is 5. The van der Waals surface area contributed by atoms with Crippen molar-refractivity contribution in [3.05, 3.63) is 11.8 Å². The maximum atomic E-state index is 11.6. The lowest BCUT2D eigenvalue weighted by molar-refractivity contribution is -0.143. The zero-order valence-electron chi connectivity index (χ0n) is 11.5. The summed E-state index contributed by atoms with van der Waals surface area (Å²) < 4.78 is 5.13. The van der Waals surface area contributed by atoms with Crippen molar-refractivity contribution in [2.24, 2.45) is 0 Å². The first-order chi connectivity index (χ1) is 8.97. The van der Waals surface area contributed by atoms with E-state index in [0.717, 1.165) is 18.5 Å². The smallest absolute Gasteiger partial charge is 0.329 e. The van der Waals surface area contributed by atoms with Crippen LogP contribution >= 0.6 is 0 Å². The van der Waals surface area contributed by atoms with Gasteiger partial charge in [0, 0.05) is 18.3 Å². The highest BCUT2D eigenvalue weighted by Gasteiger charge is 2.42. The third-order valence-corrected chi connectivity index (χ3v) is 3.62. The van der Waals surface area contributed by atoms with Crippen LogP contribution in [0.15, 0.2) is 6.07 Å². The van der Waals surface area contributed by atoms with E-state index in [-0.39, 0.29) is 0 Å². The number of nitrogens with zero attached hydrogens (tertiary/aromatic N) is 3. The number of methoxy groups -OCH3 is 1. The molecule has 1 atom stereocenters. The van der Waals surface area contributed by atoms with Crippen molar-refractivity contribution >= 4 is 11.9 Å². The summed E-state index contributed by atoms with van der Waals surface area (Å²) in [5, 5.41) is 9.50. The summed E-state index contributed by atoms with van der Waals surface area (Å²) in [6, 6.07) is 1.73. The number of piperidine rings is 1. The van der Waals surface area contributed by atoms with Crippen molar-refractivity contribution in [2.45, 2.75) is 38.6 Å². The van der Waals surface area contributed by atoms with E-state index in [9.17, 15) is 9.90 Å². The molecule has 1 N–H and O–H groups in total. The van der Waals surface area contributed by atoms with E-state index in [0.29, 0.717) is 24.8 Å². The number of ether oxygens (including phenoxy) is 1. The first kappa shape index (κ1) is 13.6. The minimum atomic E-state index is -0.947. The summed E-state index contributed by atoms with van der Waals surface area (Å²) >= 11 is 0. The fraction of sp³-hybridized carbons (Fsp3) is 0.615. The van der Waals surface area contributed by atoms with Gasteiger partial charge in [-0.2, -0.15) is 4.98 Å². The van der Waals surface area contributed by atoms with Crippen molar-refractivity contribution in [3.8, 4) is 5.88 Å². The van der Waals surface area contributed by atoms with Gasteiger partial charge in [0.25, 0.3) is 0 Å². The van der Waals surface area contributed by atoms with Crippen molar-refractivity contribution in [1.29, 1.82) is 0 Å². The minimum Gasteiger partial charge on any atom is -0.481 e. The fourth-order valence-corrected chi connectivity index (χ4v) is 2.41. The molecule has 0 spiro atoms. The first-order valence-corrected chi connectivity index (χ1v) is 6.38. The number of rotatable bonds is 3.